The largest absolute Gasteiger partial charge is 0.481 e. The van der Waals surface area contributed by atoms with Crippen LogP contribution >= 0.6 is 0 Å². The highest BCUT2D eigenvalue weighted by Gasteiger charge is 2.00. The number of aliphatic carboxylic acids is 1. The first-order valence-electron chi connectivity index (χ1n) is 4.98. The summed E-state index contributed by atoms with van der Waals surface area (Å²) in [5.41, 5.74) is 0. The number of rotatable bonds is 8. The van der Waals surface area contributed by atoms with E-state index in [1.165, 1.54) is 0 Å². The Labute approximate surface area is 89.0 Å². The summed E-state index contributed by atoms with van der Waals surface area (Å²) in [4.78, 5) is 21.2. The first-order valence-corrected chi connectivity index (χ1v) is 4.98. The maximum atomic E-state index is 11.0. The fourth-order valence-electron chi connectivity index (χ4n) is 0.885. The quantitative estimate of drug-likeness (QED) is 0.507. The molecule has 0 atom stereocenters. The van der Waals surface area contributed by atoms with Gasteiger partial charge in [0.25, 0.3) is 0 Å². The number of carbonyl (C=O) groups excluding carboxylic acids is 1. The van der Waals surface area contributed by atoms with Crippen molar-refractivity contribution in [1.29, 1.82) is 0 Å². The van der Waals surface area contributed by atoms with Gasteiger partial charge in [0, 0.05) is 26.1 Å². The van der Waals surface area contributed by atoms with Gasteiger partial charge in [-0.25, -0.2) is 4.79 Å². The minimum absolute atomic E-state index is 0.0687. The van der Waals surface area contributed by atoms with E-state index in [1.807, 2.05) is 6.92 Å². The number of amides is 2. The summed E-state index contributed by atoms with van der Waals surface area (Å²) >= 11 is 0. The molecule has 0 aliphatic carbocycles. The molecule has 15 heavy (non-hydrogen) atoms. The monoisotopic (exact) mass is 218 g/mol. The Balaban J connectivity index is 3.22. The zero-order chi connectivity index (χ0) is 11.5. The first-order chi connectivity index (χ1) is 7.16. The molecule has 0 radical (unpaired) electrons. The summed E-state index contributed by atoms with van der Waals surface area (Å²) in [5.74, 6) is -0.853. The molecular formula is C9H18N2O4. The second-order valence-electron chi connectivity index (χ2n) is 2.88. The van der Waals surface area contributed by atoms with Crippen LogP contribution in [-0.4, -0.2) is 43.4 Å². The van der Waals surface area contributed by atoms with E-state index in [-0.39, 0.29) is 12.5 Å². The maximum absolute atomic E-state index is 11.0. The lowest BCUT2D eigenvalue weighted by molar-refractivity contribution is -0.137. The number of hydrogen-bond donors (Lipinski definition) is 3. The number of carbonyl (C=O) groups is 2. The standard InChI is InChI=1S/C9H18N2O4/c1-2-15-7-6-11-9(14)10-5-3-4-8(12)13/h2-7H2,1H3,(H,12,13)(H2,10,11,14). The Morgan fingerprint density at radius 1 is 1.27 bits per heavy atom. The van der Waals surface area contributed by atoms with Gasteiger partial charge in [0.15, 0.2) is 0 Å². The third-order valence-electron chi connectivity index (χ3n) is 1.59. The Hall–Kier alpha value is -1.30. The van der Waals surface area contributed by atoms with Crippen LogP contribution in [0.15, 0.2) is 0 Å². The van der Waals surface area contributed by atoms with Gasteiger partial charge in [-0.15, -0.1) is 0 Å². The highest BCUT2D eigenvalue weighted by Crippen LogP contribution is 1.85. The molecule has 0 aromatic carbocycles. The van der Waals surface area contributed by atoms with Crippen LogP contribution < -0.4 is 10.6 Å². The lowest BCUT2D eigenvalue weighted by Crippen LogP contribution is -2.37. The van der Waals surface area contributed by atoms with E-state index in [0.29, 0.717) is 32.7 Å². The number of ether oxygens (including phenoxy) is 1. The maximum Gasteiger partial charge on any atom is 0.314 e. The number of carboxylic acids is 1. The second kappa shape index (κ2) is 9.26. The molecule has 0 fully saturated rings. The SMILES string of the molecule is CCOCCNC(=O)NCCCC(=O)O. The number of hydrogen-bond acceptors (Lipinski definition) is 3. The molecular weight excluding hydrogens is 200 g/mol. The van der Waals surface area contributed by atoms with Crippen LogP contribution in [0.1, 0.15) is 19.8 Å². The number of carboxylic acid groups (broad SMARTS) is 1. The van der Waals surface area contributed by atoms with E-state index in [9.17, 15) is 9.59 Å². The van der Waals surface area contributed by atoms with Gasteiger partial charge in [-0.05, 0) is 13.3 Å². The summed E-state index contributed by atoms with van der Waals surface area (Å²) in [6.45, 7) is 3.82. The van der Waals surface area contributed by atoms with E-state index in [4.69, 9.17) is 9.84 Å². The summed E-state index contributed by atoms with van der Waals surface area (Å²) < 4.78 is 5.02. The molecule has 0 aromatic heterocycles. The van der Waals surface area contributed by atoms with E-state index in [2.05, 4.69) is 10.6 Å². The van der Waals surface area contributed by atoms with Crippen LogP contribution in [0.3, 0.4) is 0 Å². The number of urea groups is 1. The molecule has 0 aliphatic heterocycles. The molecule has 88 valence electrons. The van der Waals surface area contributed by atoms with Crippen LogP contribution in [0.5, 0.6) is 0 Å². The molecule has 6 heteroatoms. The molecule has 0 aromatic rings. The van der Waals surface area contributed by atoms with Gasteiger partial charge < -0.3 is 20.5 Å². The van der Waals surface area contributed by atoms with Gasteiger partial charge in [-0.1, -0.05) is 0 Å². The minimum Gasteiger partial charge on any atom is -0.481 e. The number of nitrogens with one attached hydrogen (secondary N) is 2. The predicted octanol–water partition coefficient (Wildman–Crippen LogP) is 0.187. The Morgan fingerprint density at radius 2 is 1.93 bits per heavy atom. The molecule has 0 unspecified atom stereocenters. The summed E-state index contributed by atoms with van der Waals surface area (Å²) in [5, 5.41) is 13.5. The van der Waals surface area contributed by atoms with Crippen LogP contribution in [-0.2, 0) is 9.53 Å². The zero-order valence-electron chi connectivity index (χ0n) is 8.91. The fraction of sp³-hybridized carbons (Fsp3) is 0.778. The molecule has 0 saturated heterocycles. The van der Waals surface area contributed by atoms with Gasteiger partial charge >= 0.3 is 12.0 Å². The van der Waals surface area contributed by atoms with E-state index in [1.54, 1.807) is 0 Å². The van der Waals surface area contributed by atoms with Crippen LogP contribution in [0.4, 0.5) is 4.79 Å². The van der Waals surface area contributed by atoms with Crippen molar-refractivity contribution < 1.29 is 19.4 Å². The molecule has 0 heterocycles. The second-order valence-corrected chi connectivity index (χ2v) is 2.88. The smallest absolute Gasteiger partial charge is 0.314 e. The third-order valence-corrected chi connectivity index (χ3v) is 1.59. The Bertz CT molecular complexity index is 197. The van der Waals surface area contributed by atoms with Gasteiger partial charge in [-0.2, -0.15) is 0 Å². The highest BCUT2D eigenvalue weighted by molar-refractivity contribution is 5.73. The average Bonchev–Trinajstić information content (AvgIpc) is 2.19. The molecule has 0 bridgehead atoms. The van der Waals surface area contributed by atoms with Gasteiger partial charge in [0.1, 0.15) is 0 Å². The van der Waals surface area contributed by atoms with Crippen molar-refractivity contribution in [3.63, 3.8) is 0 Å². The fourth-order valence-corrected chi connectivity index (χ4v) is 0.885. The third kappa shape index (κ3) is 10.6. The Kier molecular flexibility index (Phi) is 8.46. The lowest BCUT2D eigenvalue weighted by Gasteiger charge is -2.06. The average molecular weight is 218 g/mol. The van der Waals surface area contributed by atoms with Crippen molar-refractivity contribution in [2.75, 3.05) is 26.3 Å². The Morgan fingerprint density at radius 3 is 2.53 bits per heavy atom. The van der Waals surface area contributed by atoms with Crippen molar-refractivity contribution in [3.8, 4) is 0 Å². The molecule has 2 amide bonds. The molecule has 6 nitrogen and oxygen atoms in total. The molecule has 0 aliphatic rings. The summed E-state index contributed by atoms with van der Waals surface area (Å²) in [7, 11) is 0. The van der Waals surface area contributed by atoms with Crippen molar-refractivity contribution >= 4 is 12.0 Å². The van der Waals surface area contributed by atoms with Crippen molar-refractivity contribution in [1.82, 2.24) is 10.6 Å². The van der Waals surface area contributed by atoms with Crippen LogP contribution in [0, 0.1) is 0 Å². The van der Waals surface area contributed by atoms with Gasteiger partial charge in [0.2, 0.25) is 0 Å². The molecule has 0 spiro atoms. The van der Waals surface area contributed by atoms with Crippen molar-refractivity contribution in [3.05, 3.63) is 0 Å². The van der Waals surface area contributed by atoms with Crippen LogP contribution in [0.25, 0.3) is 0 Å². The molecule has 3 N–H and O–H groups in total. The van der Waals surface area contributed by atoms with E-state index < -0.39 is 5.97 Å². The van der Waals surface area contributed by atoms with Crippen LogP contribution in [0.2, 0.25) is 0 Å². The van der Waals surface area contributed by atoms with Gasteiger partial charge in [0.05, 0.1) is 6.61 Å². The van der Waals surface area contributed by atoms with E-state index in [0.717, 1.165) is 0 Å². The van der Waals surface area contributed by atoms with Crippen molar-refractivity contribution in [2.24, 2.45) is 0 Å². The summed E-state index contributed by atoms with van der Waals surface area (Å²) in [6, 6.07) is -0.292. The summed E-state index contributed by atoms with van der Waals surface area (Å²) in [6.07, 6.45) is 0.507. The predicted molar refractivity (Wildman–Crippen MR) is 54.8 cm³/mol. The van der Waals surface area contributed by atoms with Gasteiger partial charge in [-0.3, -0.25) is 4.79 Å². The lowest BCUT2D eigenvalue weighted by atomic mass is 10.3. The first kappa shape index (κ1) is 13.7. The normalized spacial score (nSPS) is 9.67. The molecule has 0 rings (SSSR count). The topological polar surface area (TPSA) is 87.7 Å². The minimum atomic E-state index is -0.853. The molecule has 0 saturated carbocycles. The van der Waals surface area contributed by atoms with Crippen molar-refractivity contribution in [2.45, 2.75) is 19.8 Å². The van der Waals surface area contributed by atoms with E-state index >= 15 is 0 Å². The highest BCUT2D eigenvalue weighted by atomic mass is 16.5. The zero-order valence-corrected chi connectivity index (χ0v) is 8.91.